The second-order valence-electron chi connectivity index (χ2n) is 5.07. The maximum Gasteiger partial charge on any atom is 0.0741 e. The van der Waals surface area contributed by atoms with Crippen molar-refractivity contribution in [2.75, 3.05) is 24.5 Å². The van der Waals surface area contributed by atoms with Crippen LogP contribution in [0.3, 0.4) is 0 Å². The van der Waals surface area contributed by atoms with Crippen LogP contribution in [0.2, 0.25) is 0 Å². The molecule has 1 aromatic rings. The molecule has 0 saturated carbocycles. The molecule has 0 saturated heterocycles. The van der Waals surface area contributed by atoms with E-state index < -0.39 is 5.60 Å². The zero-order chi connectivity index (χ0) is 13.4. The van der Waals surface area contributed by atoms with Gasteiger partial charge < -0.3 is 15.7 Å². The van der Waals surface area contributed by atoms with Crippen molar-refractivity contribution >= 4 is 5.69 Å². The van der Waals surface area contributed by atoms with Crippen LogP contribution in [0.15, 0.2) is 30.3 Å². The van der Waals surface area contributed by atoms with Crippen LogP contribution in [0.25, 0.3) is 0 Å². The molecular weight excluding hydrogens is 224 g/mol. The molecule has 18 heavy (non-hydrogen) atoms. The molecule has 0 bridgehead atoms. The first-order valence-corrected chi connectivity index (χ1v) is 6.81. The molecule has 3 nitrogen and oxygen atoms in total. The molecule has 3 heteroatoms. The van der Waals surface area contributed by atoms with Gasteiger partial charge in [-0.25, -0.2) is 0 Å². The standard InChI is InChI=1S/C15H26N2O/c1-3-17(14-9-5-4-6-10-14)12-8-7-11-15(2,18)13-16/h4-6,9-10,18H,3,7-8,11-13,16H2,1-2H3. The van der Waals surface area contributed by atoms with Gasteiger partial charge in [-0.05, 0) is 45.2 Å². The zero-order valence-corrected chi connectivity index (χ0v) is 11.6. The summed E-state index contributed by atoms with van der Waals surface area (Å²) in [5, 5.41) is 9.82. The van der Waals surface area contributed by atoms with Gasteiger partial charge in [0.1, 0.15) is 0 Å². The van der Waals surface area contributed by atoms with Gasteiger partial charge in [-0.1, -0.05) is 18.2 Å². The first-order chi connectivity index (χ1) is 8.59. The molecule has 3 N–H and O–H groups in total. The van der Waals surface area contributed by atoms with Crippen LogP contribution in [0.4, 0.5) is 5.69 Å². The summed E-state index contributed by atoms with van der Waals surface area (Å²) in [4.78, 5) is 2.36. The molecule has 0 heterocycles. The summed E-state index contributed by atoms with van der Waals surface area (Å²) in [6.45, 7) is 6.35. The number of nitrogens with zero attached hydrogens (tertiary/aromatic N) is 1. The highest BCUT2D eigenvalue weighted by atomic mass is 16.3. The van der Waals surface area contributed by atoms with E-state index in [0.717, 1.165) is 32.4 Å². The smallest absolute Gasteiger partial charge is 0.0741 e. The Morgan fingerprint density at radius 2 is 1.89 bits per heavy atom. The van der Waals surface area contributed by atoms with Gasteiger partial charge in [0.2, 0.25) is 0 Å². The van der Waals surface area contributed by atoms with Gasteiger partial charge in [0.15, 0.2) is 0 Å². The minimum atomic E-state index is -0.705. The lowest BCUT2D eigenvalue weighted by Crippen LogP contribution is -2.34. The van der Waals surface area contributed by atoms with Crippen LogP contribution in [-0.4, -0.2) is 30.3 Å². The van der Waals surface area contributed by atoms with Gasteiger partial charge in [0.05, 0.1) is 5.60 Å². The molecule has 0 radical (unpaired) electrons. The molecule has 0 aliphatic rings. The maximum atomic E-state index is 9.82. The van der Waals surface area contributed by atoms with E-state index >= 15 is 0 Å². The molecule has 0 aliphatic carbocycles. The molecule has 0 aliphatic heterocycles. The number of rotatable bonds is 8. The van der Waals surface area contributed by atoms with Crippen molar-refractivity contribution in [3.8, 4) is 0 Å². The molecule has 0 fully saturated rings. The van der Waals surface area contributed by atoms with Crippen molar-refractivity contribution in [1.29, 1.82) is 0 Å². The fraction of sp³-hybridized carbons (Fsp3) is 0.600. The van der Waals surface area contributed by atoms with Crippen molar-refractivity contribution in [2.45, 2.75) is 38.7 Å². The molecule has 1 atom stereocenters. The van der Waals surface area contributed by atoms with Crippen molar-refractivity contribution in [1.82, 2.24) is 0 Å². The van der Waals surface area contributed by atoms with Gasteiger partial charge in [0.25, 0.3) is 0 Å². The lowest BCUT2D eigenvalue weighted by Gasteiger charge is -2.25. The molecule has 102 valence electrons. The molecule has 1 rings (SSSR count). The number of nitrogens with two attached hydrogens (primary N) is 1. The predicted octanol–water partition coefficient (Wildman–Crippen LogP) is 2.39. The molecule has 1 aromatic carbocycles. The minimum absolute atomic E-state index is 0.336. The van der Waals surface area contributed by atoms with E-state index in [4.69, 9.17) is 5.73 Å². The quantitative estimate of drug-likeness (QED) is 0.697. The van der Waals surface area contributed by atoms with Gasteiger partial charge in [0, 0.05) is 25.3 Å². The maximum absolute atomic E-state index is 9.82. The van der Waals surface area contributed by atoms with E-state index in [1.165, 1.54) is 5.69 Å². The number of hydrogen-bond acceptors (Lipinski definition) is 3. The second-order valence-corrected chi connectivity index (χ2v) is 5.07. The van der Waals surface area contributed by atoms with Crippen molar-refractivity contribution < 1.29 is 5.11 Å². The van der Waals surface area contributed by atoms with Gasteiger partial charge in [-0.15, -0.1) is 0 Å². The van der Waals surface area contributed by atoms with Gasteiger partial charge in [-0.3, -0.25) is 0 Å². The van der Waals surface area contributed by atoms with Crippen LogP contribution < -0.4 is 10.6 Å². The Kier molecular flexibility index (Phi) is 6.16. The zero-order valence-electron chi connectivity index (χ0n) is 11.6. The van der Waals surface area contributed by atoms with Crippen LogP contribution in [0.5, 0.6) is 0 Å². The van der Waals surface area contributed by atoms with Crippen LogP contribution in [-0.2, 0) is 0 Å². The van der Waals surface area contributed by atoms with E-state index in [2.05, 4.69) is 36.1 Å². The van der Waals surface area contributed by atoms with E-state index in [0.29, 0.717) is 6.54 Å². The molecule has 0 spiro atoms. The van der Waals surface area contributed by atoms with E-state index in [1.807, 2.05) is 13.0 Å². The number of para-hydroxylation sites is 1. The Morgan fingerprint density at radius 1 is 1.22 bits per heavy atom. The Bertz CT molecular complexity index is 325. The summed E-state index contributed by atoms with van der Waals surface area (Å²) < 4.78 is 0. The Morgan fingerprint density at radius 3 is 2.44 bits per heavy atom. The molecule has 0 aromatic heterocycles. The van der Waals surface area contributed by atoms with E-state index in [-0.39, 0.29) is 0 Å². The fourth-order valence-electron chi connectivity index (χ4n) is 2.02. The van der Waals surface area contributed by atoms with E-state index in [9.17, 15) is 5.11 Å². The third kappa shape index (κ3) is 5.07. The minimum Gasteiger partial charge on any atom is -0.389 e. The third-order valence-corrected chi connectivity index (χ3v) is 3.34. The average molecular weight is 250 g/mol. The summed E-state index contributed by atoms with van der Waals surface area (Å²) in [5.41, 5.74) is 6.07. The first kappa shape index (κ1) is 15.0. The topological polar surface area (TPSA) is 49.5 Å². The molecule has 1 unspecified atom stereocenters. The average Bonchev–Trinajstić information content (AvgIpc) is 2.40. The highest BCUT2D eigenvalue weighted by Gasteiger charge is 2.16. The van der Waals surface area contributed by atoms with Crippen molar-refractivity contribution in [3.05, 3.63) is 30.3 Å². The normalized spacial score (nSPS) is 14.2. The van der Waals surface area contributed by atoms with Crippen LogP contribution in [0.1, 0.15) is 33.1 Å². The van der Waals surface area contributed by atoms with Crippen molar-refractivity contribution in [3.63, 3.8) is 0 Å². The van der Waals surface area contributed by atoms with E-state index in [1.54, 1.807) is 0 Å². The number of unbranched alkanes of at least 4 members (excludes halogenated alkanes) is 1. The molecular formula is C15H26N2O. The number of benzene rings is 1. The highest BCUT2D eigenvalue weighted by Crippen LogP contribution is 2.16. The summed E-state index contributed by atoms with van der Waals surface area (Å²) >= 11 is 0. The number of hydrogen-bond donors (Lipinski definition) is 2. The lowest BCUT2D eigenvalue weighted by molar-refractivity contribution is 0.0574. The largest absolute Gasteiger partial charge is 0.389 e. The summed E-state index contributed by atoms with van der Waals surface area (Å²) in [5.74, 6) is 0. The Balaban J connectivity index is 2.33. The lowest BCUT2D eigenvalue weighted by atomic mass is 9.99. The highest BCUT2D eigenvalue weighted by molar-refractivity contribution is 5.45. The van der Waals surface area contributed by atoms with Crippen molar-refractivity contribution in [2.24, 2.45) is 5.73 Å². The predicted molar refractivity (Wildman–Crippen MR) is 77.9 cm³/mol. The monoisotopic (exact) mass is 250 g/mol. The van der Waals surface area contributed by atoms with Gasteiger partial charge in [-0.2, -0.15) is 0 Å². The number of aliphatic hydroxyl groups is 1. The number of anilines is 1. The molecule has 0 amide bonds. The third-order valence-electron chi connectivity index (χ3n) is 3.34. The van der Waals surface area contributed by atoms with Crippen LogP contribution >= 0.6 is 0 Å². The summed E-state index contributed by atoms with van der Waals surface area (Å²) in [7, 11) is 0. The fourth-order valence-corrected chi connectivity index (χ4v) is 2.02. The Labute approximate surface area is 111 Å². The summed E-state index contributed by atoms with van der Waals surface area (Å²) in [6.07, 6.45) is 2.86. The van der Waals surface area contributed by atoms with Crippen LogP contribution in [0, 0.1) is 0 Å². The Hall–Kier alpha value is -1.06. The summed E-state index contributed by atoms with van der Waals surface area (Å²) in [6, 6.07) is 10.4. The SMILES string of the molecule is CCN(CCCCC(C)(O)CN)c1ccccc1. The van der Waals surface area contributed by atoms with Gasteiger partial charge >= 0.3 is 0 Å². The second kappa shape index (κ2) is 7.39. The first-order valence-electron chi connectivity index (χ1n) is 6.81.